The van der Waals surface area contributed by atoms with Crippen molar-refractivity contribution in [2.24, 2.45) is 0 Å². The van der Waals surface area contributed by atoms with Crippen LogP contribution >= 0.6 is 12.6 Å². The standard InChI is InChI=1S/C18H27BF3N2O2S.K/c1-12-14(10-15(27)13(2)16(12)19(20,21)22)11-23-6-8-24(9-7-23)17(25)26-18(3,4)5;/h10,27H,6-9,11H2,1-5H3;/q-1;+1. The summed E-state index contributed by atoms with van der Waals surface area (Å²) < 4.78 is 45.8. The number of carbonyl (C=O) groups is 1. The van der Waals surface area contributed by atoms with E-state index < -0.39 is 18.0 Å². The minimum absolute atomic E-state index is 0. The number of halogens is 3. The van der Waals surface area contributed by atoms with Gasteiger partial charge < -0.3 is 22.6 Å². The molecule has 10 heteroatoms. The molecule has 28 heavy (non-hydrogen) atoms. The van der Waals surface area contributed by atoms with Crippen LogP contribution < -0.4 is 56.8 Å². The Kier molecular flexibility index (Phi) is 9.46. The molecule has 0 N–H and O–H groups in total. The van der Waals surface area contributed by atoms with Crippen LogP contribution in [-0.4, -0.2) is 54.7 Å². The maximum absolute atomic E-state index is 13.5. The maximum atomic E-state index is 13.5. The van der Waals surface area contributed by atoms with Crippen molar-refractivity contribution in [1.82, 2.24) is 9.80 Å². The van der Waals surface area contributed by atoms with Gasteiger partial charge in [0.05, 0.1) is 0 Å². The largest absolute Gasteiger partial charge is 1.00 e. The molecule has 1 heterocycles. The molecule has 0 atom stereocenters. The number of hydrogen-bond donors (Lipinski definition) is 1. The molecule has 0 saturated carbocycles. The van der Waals surface area contributed by atoms with Crippen LogP contribution in [0.25, 0.3) is 0 Å². The molecule has 1 aliphatic rings. The summed E-state index contributed by atoms with van der Waals surface area (Å²) in [5.41, 5.74) is -0.00372. The molecule has 4 nitrogen and oxygen atoms in total. The normalized spacial score (nSPS) is 16.0. The quantitative estimate of drug-likeness (QED) is 0.553. The third-order valence-corrected chi connectivity index (χ3v) is 5.19. The topological polar surface area (TPSA) is 32.8 Å². The summed E-state index contributed by atoms with van der Waals surface area (Å²) in [6, 6.07) is 1.72. The fraction of sp³-hybridized carbons (Fsp3) is 0.611. The Morgan fingerprint density at radius 1 is 1.14 bits per heavy atom. The van der Waals surface area contributed by atoms with Crippen molar-refractivity contribution in [3.63, 3.8) is 0 Å². The van der Waals surface area contributed by atoms with Gasteiger partial charge in [-0.05, 0) is 46.2 Å². The molecule has 1 aromatic rings. The van der Waals surface area contributed by atoms with Crippen molar-refractivity contribution >= 4 is 31.2 Å². The number of nitrogens with zero attached hydrogens (tertiary/aromatic N) is 2. The van der Waals surface area contributed by atoms with Crippen molar-refractivity contribution in [2.75, 3.05) is 26.2 Å². The fourth-order valence-electron chi connectivity index (χ4n) is 3.28. The average molecular weight is 442 g/mol. The molecule has 0 unspecified atom stereocenters. The number of amides is 1. The van der Waals surface area contributed by atoms with Crippen LogP contribution in [-0.2, 0) is 11.3 Å². The summed E-state index contributed by atoms with van der Waals surface area (Å²) in [7, 11) is 0. The molecule has 0 radical (unpaired) electrons. The summed E-state index contributed by atoms with van der Waals surface area (Å²) in [6.45, 7) is 5.89. The van der Waals surface area contributed by atoms with Gasteiger partial charge in [0, 0.05) is 37.6 Å². The van der Waals surface area contributed by atoms with E-state index >= 15 is 0 Å². The van der Waals surface area contributed by atoms with E-state index in [-0.39, 0.29) is 68.6 Å². The van der Waals surface area contributed by atoms with Crippen LogP contribution in [0, 0.1) is 13.8 Å². The molecule has 1 fully saturated rings. The molecule has 0 aromatic heterocycles. The number of rotatable bonds is 3. The molecular weight excluding hydrogens is 415 g/mol. The molecule has 1 amide bonds. The fourth-order valence-corrected chi connectivity index (χ4v) is 3.56. The van der Waals surface area contributed by atoms with E-state index in [9.17, 15) is 17.7 Å². The van der Waals surface area contributed by atoms with E-state index in [1.807, 2.05) is 20.8 Å². The first kappa shape index (κ1) is 26.3. The van der Waals surface area contributed by atoms with Gasteiger partial charge >= 0.3 is 64.5 Å². The number of piperazine rings is 1. The van der Waals surface area contributed by atoms with Gasteiger partial charge in [-0.15, -0.1) is 18.1 Å². The zero-order valence-electron chi connectivity index (χ0n) is 17.5. The number of thiol groups is 1. The second-order valence-electron chi connectivity index (χ2n) is 8.04. The van der Waals surface area contributed by atoms with Gasteiger partial charge in [-0.3, -0.25) is 4.90 Å². The Balaban J connectivity index is 0.00000392. The summed E-state index contributed by atoms with van der Waals surface area (Å²) in [4.78, 5) is 16.2. The van der Waals surface area contributed by atoms with Gasteiger partial charge in [-0.1, -0.05) is 11.1 Å². The number of carbonyl (C=O) groups excluding carboxylic acids is 1. The van der Waals surface area contributed by atoms with Crippen LogP contribution in [0.15, 0.2) is 11.0 Å². The van der Waals surface area contributed by atoms with Gasteiger partial charge in [-0.25, -0.2) is 4.79 Å². The number of ether oxygens (including phenoxy) is 1. The van der Waals surface area contributed by atoms with Crippen molar-refractivity contribution in [2.45, 2.75) is 51.7 Å². The Morgan fingerprint density at radius 2 is 1.68 bits per heavy atom. The van der Waals surface area contributed by atoms with Gasteiger partial charge in [-0.2, -0.15) is 0 Å². The van der Waals surface area contributed by atoms with E-state index in [0.29, 0.717) is 43.2 Å². The molecule has 1 aromatic carbocycles. The van der Waals surface area contributed by atoms with E-state index in [2.05, 4.69) is 17.5 Å². The maximum Gasteiger partial charge on any atom is 1.00 e. The summed E-state index contributed by atoms with van der Waals surface area (Å²) in [5.74, 6) is 0. The minimum atomic E-state index is -5.09. The number of benzene rings is 1. The van der Waals surface area contributed by atoms with Gasteiger partial charge in [0.15, 0.2) is 0 Å². The molecule has 2 rings (SSSR count). The Labute approximate surface area is 213 Å². The van der Waals surface area contributed by atoms with Crippen molar-refractivity contribution in [3.8, 4) is 0 Å². The van der Waals surface area contributed by atoms with E-state index in [0.717, 1.165) is 0 Å². The van der Waals surface area contributed by atoms with E-state index in [1.165, 1.54) is 13.8 Å². The monoisotopic (exact) mass is 442 g/mol. The zero-order valence-corrected chi connectivity index (χ0v) is 21.5. The summed E-state index contributed by atoms with van der Waals surface area (Å²) in [5, 5.41) is 0. The van der Waals surface area contributed by atoms with Gasteiger partial charge in [0.25, 0.3) is 0 Å². The Bertz CT molecular complexity index is 718. The molecule has 0 bridgehead atoms. The van der Waals surface area contributed by atoms with Crippen LogP contribution in [0.2, 0.25) is 0 Å². The van der Waals surface area contributed by atoms with Crippen molar-refractivity contribution < 1.29 is 73.9 Å². The second kappa shape index (κ2) is 10.1. The SMILES string of the molecule is Cc1c(S)cc(CN2CCN(C(=O)OC(C)(C)C)CC2)c(C)c1[B-](F)(F)F.[K+]. The van der Waals surface area contributed by atoms with Crippen LogP contribution in [0.1, 0.15) is 37.5 Å². The van der Waals surface area contributed by atoms with E-state index in [4.69, 9.17) is 4.74 Å². The van der Waals surface area contributed by atoms with Crippen LogP contribution in [0.4, 0.5) is 17.7 Å². The zero-order chi connectivity index (χ0) is 20.6. The first-order valence-electron chi connectivity index (χ1n) is 9.01. The van der Waals surface area contributed by atoms with Crippen LogP contribution in [0.5, 0.6) is 0 Å². The molecule has 152 valence electrons. The number of hydrogen-bond acceptors (Lipinski definition) is 4. The smallest absolute Gasteiger partial charge is 0.445 e. The molecule has 0 aliphatic carbocycles. The molecule has 1 saturated heterocycles. The second-order valence-corrected chi connectivity index (χ2v) is 8.52. The predicted octanol–water partition coefficient (Wildman–Crippen LogP) is 0.703. The molecular formula is C18H27BF3KN2O2S. The van der Waals surface area contributed by atoms with Crippen molar-refractivity contribution in [1.29, 1.82) is 0 Å². The third kappa shape index (κ3) is 6.92. The summed E-state index contributed by atoms with van der Waals surface area (Å²) in [6.07, 6.45) is -0.353. The Morgan fingerprint density at radius 3 is 2.14 bits per heavy atom. The summed E-state index contributed by atoms with van der Waals surface area (Å²) >= 11 is 4.24. The molecule has 1 aliphatic heterocycles. The van der Waals surface area contributed by atoms with Gasteiger partial charge in [0.2, 0.25) is 0 Å². The Hall–Kier alpha value is 0.291. The van der Waals surface area contributed by atoms with Gasteiger partial charge in [0.1, 0.15) is 5.60 Å². The first-order chi connectivity index (χ1) is 12.3. The molecule has 0 spiro atoms. The minimum Gasteiger partial charge on any atom is -0.445 e. The van der Waals surface area contributed by atoms with Crippen LogP contribution in [0.3, 0.4) is 0 Å². The average Bonchev–Trinajstić information content (AvgIpc) is 2.50. The first-order valence-corrected chi connectivity index (χ1v) is 9.46. The third-order valence-electron chi connectivity index (χ3n) is 4.73. The van der Waals surface area contributed by atoms with E-state index in [1.54, 1.807) is 11.0 Å². The predicted molar refractivity (Wildman–Crippen MR) is 105 cm³/mol. The van der Waals surface area contributed by atoms with Crippen molar-refractivity contribution in [3.05, 3.63) is 22.8 Å².